The summed E-state index contributed by atoms with van der Waals surface area (Å²) in [5, 5.41) is -0.0293. The number of ether oxygens (including phenoxy) is 1. The van der Waals surface area contributed by atoms with E-state index in [4.69, 9.17) is 28.7 Å². The van der Waals surface area contributed by atoms with Crippen LogP contribution in [0.2, 0.25) is 54.4 Å². The van der Waals surface area contributed by atoms with Crippen molar-refractivity contribution >= 4 is 41.9 Å². The van der Waals surface area contributed by atoms with Gasteiger partial charge in [-0.05, 0) is 61.3 Å². The van der Waals surface area contributed by atoms with E-state index in [-0.39, 0.29) is 15.1 Å². The molecule has 12 heteroatoms. The van der Waals surface area contributed by atoms with Crippen molar-refractivity contribution in [1.82, 2.24) is 19.5 Å². The van der Waals surface area contributed by atoms with E-state index in [1.54, 1.807) is 6.33 Å². The molecule has 1 saturated heterocycles. The first kappa shape index (κ1) is 33.3. The monoisotopic (exact) mass is 609 g/mol. The minimum Gasteiger partial charge on any atom is -0.406 e. The lowest BCUT2D eigenvalue weighted by atomic mass is 10.2. The molecular formula is C28H55N5O4Si3. The van der Waals surface area contributed by atoms with Crippen molar-refractivity contribution in [2.75, 3.05) is 5.73 Å². The number of fused-ring (bicyclic) bond motifs is 1. The van der Waals surface area contributed by atoms with Gasteiger partial charge in [-0.3, -0.25) is 4.57 Å². The summed E-state index contributed by atoms with van der Waals surface area (Å²) < 4.78 is 30.3. The summed E-state index contributed by atoms with van der Waals surface area (Å²) in [4.78, 5) is 13.6. The molecule has 3 rings (SSSR count). The van der Waals surface area contributed by atoms with E-state index in [1.165, 1.54) is 0 Å². The smallest absolute Gasteiger partial charge is 0.195 e. The number of rotatable bonds is 7. The summed E-state index contributed by atoms with van der Waals surface area (Å²) in [5.41, 5.74) is 7.42. The van der Waals surface area contributed by atoms with Gasteiger partial charge in [-0.15, -0.1) is 0 Å². The maximum Gasteiger partial charge on any atom is 0.195 e. The molecular weight excluding hydrogens is 555 g/mol. The second kappa shape index (κ2) is 10.5. The van der Waals surface area contributed by atoms with E-state index < -0.39 is 49.7 Å². The molecule has 2 aromatic heterocycles. The average molecular weight is 610 g/mol. The van der Waals surface area contributed by atoms with E-state index >= 15 is 0 Å². The topological polar surface area (TPSA) is 107 Å². The molecule has 0 saturated carbocycles. The molecule has 40 heavy (non-hydrogen) atoms. The van der Waals surface area contributed by atoms with Gasteiger partial charge in [0.2, 0.25) is 0 Å². The van der Waals surface area contributed by atoms with Crippen molar-refractivity contribution in [3.05, 3.63) is 12.2 Å². The number of aryl methyl sites for hydroxylation is 1. The molecule has 4 atom stereocenters. The molecule has 0 radical (unpaired) electrons. The maximum atomic E-state index is 7.23. The molecule has 0 amide bonds. The molecule has 9 nitrogen and oxygen atoms in total. The van der Waals surface area contributed by atoms with Crippen LogP contribution in [0.3, 0.4) is 0 Å². The summed E-state index contributed by atoms with van der Waals surface area (Å²) >= 11 is 0. The normalized spacial score (nSPS) is 23.8. The highest BCUT2D eigenvalue weighted by atomic mass is 28.4. The van der Waals surface area contributed by atoms with Gasteiger partial charge in [-0.25, -0.2) is 15.0 Å². The largest absolute Gasteiger partial charge is 0.406 e. The van der Waals surface area contributed by atoms with Crippen LogP contribution in [0, 0.1) is 6.92 Å². The van der Waals surface area contributed by atoms with E-state index in [0.717, 1.165) is 0 Å². The third-order valence-corrected chi connectivity index (χ3v) is 23.1. The van der Waals surface area contributed by atoms with Crippen LogP contribution in [0.1, 0.15) is 74.4 Å². The van der Waals surface area contributed by atoms with Crippen molar-refractivity contribution in [2.24, 2.45) is 0 Å². The molecule has 2 aromatic rings. The molecule has 0 bridgehead atoms. The summed E-state index contributed by atoms with van der Waals surface area (Å²) in [5.74, 6) is 0.930. The molecule has 0 spiro atoms. The molecule has 0 aliphatic carbocycles. The Morgan fingerprint density at radius 1 is 0.750 bits per heavy atom. The fraction of sp³-hybridized carbons (Fsp3) is 0.821. The predicted octanol–water partition coefficient (Wildman–Crippen LogP) is 7.37. The van der Waals surface area contributed by atoms with Crippen LogP contribution in [-0.4, -0.2) is 63.0 Å². The maximum absolute atomic E-state index is 7.23. The van der Waals surface area contributed by atoms with Gasteiger partial charge in [0, 0.05) is 0 Å². The van der Waals surface area contributed by atoms with Gasteiger partial charge in [0.25, 0.3) is 0 Å². The molecule has 228 valence electrons. The average Bonchev–Trinajstić information content (AvgIpc) is 3.27. The van der Waals surface area contributed by atoms with Crippen LogP contribution in [0.4, 0.5) is 5.82 Å². The zero-order valence-corrected chi connectivity index (χ0v) is 30.9. The molecule has 1 aliphatic heterocycles. The van der Waals surface area contributed by atoms with Crippen LogP contribution in [-0.2, 0) is 18.0 Å². The number of nitrogens with zero attached hydrogens (tertiary/aromatic N) is 4. The molecule has 1 fully saturated rings. The van der Waals surface area contributed by atoms with Crippen LogP contribution < -0.4 is 5.73 Å². The van der Waals surface area contributed by atoms with Gasteiger partial charge in [-0.2, -0.15) is 0 Å². The number of nitrogens with two attached hydrogens (primary N) is 1. The van der Waals surface area contributed by atoms with Crippen molar-refractivity contribution in [3.8, 4) is 0 Å². The summed E-state index contributed by atoms with van der Waals surface area (Å²) in [7, 11) is -6.79. The molecule has 0 aromatic carbocycles. The highest BCUT2D eigenvalue weighted by Gasteiger charge is 2.57. The first-order valence-corrected chi connectivity index (χ1v) is 23.2. The lowest BCUT2D eigenvalue weighted by molar-refractivity contribution is -0.129. The minimum absolute atomic E-state index is 0.00533. The fourth-order valence-corrected chi connectivity index (χ4v) is 7.60. The second-order valence-corrected chi connectivity index (χ2v) is 30.2. The molecule has 1 unspecified atom stereocenters. The molecule has 2 N–H and O–H groups in total. The lowest BCUT2D eigenvalue weighted by Gasteiger charge is -2.45. The number of anilines is 1. The SMILES string of the molecule is Cc1nc(N)c2ncn(C3O[C@H](O[Si](C)(C)C(C)(C)C)[C@@H](O[Si](C)(C)C(C)(C)C)[C@H]3O[Si](C)(C)C(C)(C)C)c2n1. The molecule has 1 aliphatic rings. The Bertz CT molecular complexity index is 1210. The van der Waals surface area contributed by atoms with Crippen LogP contribution in [0.5, 0.6) is 0 Å². The van der Waals surface area contributed by atoms with Gasteiger partial charge in [0.05, 0.1) is 6.33 Å². The lowest BCUT2D eigenvalue weighted by Crippen LogP contribution is -2.55. The number of hydrogen-bond donors (Lipinski definition) is 1. The van der Waals surface area contributed by atoms with E-state index in [9.17, 15) is 0 Å². The summed E-state index contributed by atoms with van der Waals surface area (Å²) in [6.45, 7) is 35.7. The Balaban J connectivity index is 2.23. The third-order valence-electron chi connectivity index (χ3n) is 9.67. The van der Waals surface area contributed by atoms with Gasteiger partial charge < -0.3 is 23.7 Å². The Morgan fingerprint density at radius 2 is 1.20 bits per heavy atom. The number of hydrogen-bond acceptors (Lipinski definition) is 8. The first-order chi connectivity index (χ1) is 17.8. The van der Waals surface area contributed by atoms with Gasteiger partial charge in [0.15, 0.2) is 48.9 Å². The van der Waals surface area contributed by atoms with E-state index in [1.807, 2.05) is 11.5 Å². The third kappa shape index (κ3) is 6.42. The quantitative estimate of drug-likeness (QED) is 0.324. The van der Waals surface area contributed by atoms with E-state index in [2.05, 4.69) is 112 Å². The second-order valence-electron chi connectivity index (χ2n) is 15.9. The molecule has 3 heterocycles. The van der Waals surface area contributed by atoms with Crippen molar-refractivity contribution in [3.63, 3.8) is 0 Å². The fourth-order valence-electron chi connectivity index (χ4n) is 3.91. The van der Waals surface area contributed by atoms with Crippen LogP contribution >= 0.6 is 0 Å². The number of aromatic nitrogens is 4. The van der Waals surface area contributed by atoms with Crippen molar-refractivity contribution < 1.29 is 18.0 Å². The summed E-state index contributed by atoms with van der Waals surface area (Å²) in [6, 6.07) is 0. The number of nitrogen functional groups attached to an aromatic ring is 1. The zero-order valence-electron chi connectivity index (χ0n) is 27.9. The zero-order chi connectivity index (χ0) is 30.9. The van der Waals surface area contributed by atoms with Gasteiger partial charge in [-0.1, -0.05) is 62.3 Å². The van der Waals surface area contributed by atoms with Crippen LogP contribution in [0.25, 0.3) is 11.2 Å². The highest BCUT2D eigenvalue weighted by molar-refractivity contribution is 6.75. The van der Waals surface area contributed by atoms with Crippen LogP contribution in [0.15, 0.2) is 6.33 Å². The highest BCUT2D eigenvalue weighted by Crippen LogP contribution is 2.48. The van der Waals surface area contributed by atoms with Gasteiger partial charge >= 0.3 is 0 Å². The Hall–Kier alpha value is -1.16. The standard InChI is InChI=1S/C28H55N5O4Si3/c1-18-31-22(29)19-23(32-18)33(17-30-19)24-20(35-38(11,12)26(2,3)4)21(36-39(13,14)27(5,6)7)25(34-24)37-40(15,16)28(8,9)10/h17,20-21,24-25H,1-16H3,(H2,29,31,32)/t20-,21+,24?,25-/m1/s1. The predicted molar refractivity (Wildman–Crippen MR) is 171 cm³/mol. The Kier molecular flexibility index (Phi) is 8.78. The van der Waals surface area contributed by atoms with Crippen molar-refractivity contribution in [1.29, 1.82) is 0 Å². The van der Waals surface area contributed by atoms with E-state index in [0.29, 0.717) is 22.8 Å². The van der Waals surface area contributed by atoms with Gasteiger partial charge in [0.1, 0.15) is 23.5 Å². The Morgan fingerprint density at radius 3 is 1.68 bits per heavy atom. The number of imidazole rings is 1. The minimum atomic E-state index is -2.28. The van der Waals surface area contributed by atoms with Crippen molar-refractivity contribution in [2.45, 2.75) is 148 Å². The summed E-state index contributed by atoms with van der Waals surface area (Å²) in [6.07, 6.45) is -0.282. The Labute approximate surface area is 245 Å². The first-order valence-electron chi connectivity index (χ1n) is 14.4.